The van der Waals surface area contributed by atoms with Gasteiger partial charge in [-0.3, -0.25) is 0 Å². The molecule has 3 fully saturated rings. The molecule has 0 radical (unpaired) electrons. The van der Waals surface area contributed by atoms with Gasteiger partial charge in [0, 0.05) is 0 Å². The average Bonchev–Trinajstić information content (AvgIpc) is 2.85. The summed E-state index contributed by atoms with van der Waals surface area (Å²) in [5, 5.41) is 0. The van der Waals surface area contributed by atoms with Gasteiger partial charge in [0.1, 0.15) is 0 Å². The first-order valence-corrected chi connectivity index (χ1v) is 10.9. The van der Waals surface area contributed by atoms with E-state index >= 15 is 0 Å². The van der Waals surface area contributed by atoms with E-state index in [1.54, 1.807) is 12.8 Å². The molecule has 0 bridgehead atoms. The SMILES string of the molecule is CCCC1(C)C(CC)CCC2C1CCC1(C)C(C(C)C)CCC21. The zero-order chi connectivity index (χ0) is 16.8. The molecule has 0 amide bonds. The molecule has 0 aromatic rings. The van der Waals surface area contributed by atoms with Crippen molar-refractivity contribution in [3.05, 3.63) is 0 Å². The standard InChI is InChI=1S/C23H42/c1-7-14-22(5)17(8-2)9-10-18-20-12-11-19(16(3)4)23(20,6)15-13-21(18)22/h16-21H,7-15H2,1-6H3. The van der Waals surface area contributed by atoms with Crippen molar-refractivity contribution in [1.29, 1.82) is 0 Å². The summed E-state index contributed by atoms with van der Waals surface area (Å²) in [6, 6.07) is 0. The van der Waals surface area contributed by atoms with Gasteiger partial charge >= 0.3 is 0 Å². The lowest BCUT2D eigenvalue weighted by Crippen LogP contribution is -2.52. The fraction of sp³-hybridized carbons (Fsp3) is 1.00. The van der Waals surface area contributed by atoms with E-state index in [-0.39, 0.29) is 0 Å². The van der Waals surface area contributed by atoms with Crippen LogP contribution in [0.3, 0.4) is 0 Å². The Kier molecular flexibility index (Phi) is 4.94. The van der Waals surface area contributed by atoms with Crippen LogP contribution >= 0.6 is 0 Å². The third kappa shape index (κ3) is 2.62. The van der Waals surface area contributed by atoms with E-state index in [0.717, 1.165) is 35.5 Å². The van der Waals surface area contributed by atoms with Crippen LogP contribution in [-0.2, 0) is 0 Å². The first-order chi connectivity index (χ1) is 10.9. The van der Waals surface area contributed by atoms with E-state index < -0.39 is 0 Å². The van der Waals surface area contributed by atoms with Crippen LogP contribution in [-0.4, -0.2) is 0 Å². The Balaban J connectivity index is 1.88. The molecule has 0 aromatic heterocycles. The summed E-state index contributed by atoms with van der Waals surface area (Å²) in [5.74, 6) is 6.00. The van der Waals surface area contributed by atoms with Gasteiger partial charge in [0.25, 0.3) is 0 Å². The molecule has 0 N–H and O–H groups in total. The van der Waals surface area contributed by atoms with Crippen molar-refractivity contribution in [3.8, 4) is 0 Å². The lowest BCUT2D eigenvalue weighted by molar-refractivity contribution is -0.104. The van der Waals surface area contributed by atoms with E-state index in [1.165, 1.54) is 44.9 Å². The highest BCUT2D eigenvalue weighted by Crippen LogP contribution is 2.67. The minimum Gasteiger partial charge on any atom is -0.0654 e. The number of hydrogen-bond acceptors (Lipinski definition) is 0. The topological polar surface area (TPSA) is 0 Å². The van der Waals surface area contributed by atoms with Gasteiger partial charge in [-0.1, -0.05) is 54.4 Å². The van der Waals surface area contributed by atoms with Crippen molar-refractivity contribution < 1.29 is 0 Å². The molecule has 0 saturated heterocycles. The monoisotopic (exact) mass is 318 g/mol. The highest BCUT2D eigenvalue weighted by molar-refractivity contribution is 5.08. The van der Waals surface area contributed by atoms with Crippen LogP contribution in [0.4, 0.5) is 0 Å². The molecule has 3 saturated carbocycles. The fourth-order valence-corrected chi connectivity index (χ4v) is 8.27. The third-order valence-electron chi connectivity index (χ3n) is 9.22. The van der Waals surface area contributed by atoms with Crippen LogP contribution in [0.25, 0.3) is 0 Å². The van der Waals surface area contributed by atoms with Crippen LogP contribution in [0.2, 0.25) is 0 Å². The second-order valence-electron chi connectivity index (χ2n) is 10.3. The first-order valence-electron chi connectivity index (χ1n) is 10.9. The van der Waals surface area contributed by atoms with E-state index in [2.05, 4.69) is 41.5 Å². The molecule has 3 aliphatic rings. The Morgan fingerprint density at radius 1 is 0.913 bits per heavy atom. The number of hydrogen-bond donors (Lipinski definition) is 0. The number of rotatable bonds is 4. The van der Waals surface area contributed by atoms with Gasteiger partial charge in [-0.25, -0.2) is 0 Å². The summed E-state index contributed by atoms with van der Waals surface area (Å²) in [4.78, 5) is 0. The molecular weight excluding hydrogens is 276 g/mol. The van der Waals surface area contributed by atoms with Crippen LogP contribution in [0, 0.1) is 46.3 Å². The molecule has 7 atom stereocenters. The van der Waals surface area contributed by atoms with Crippen LogP contribution < -0.4 is 0 Å². The molecule has 0 aromatic carbocycles. The van der Waals surface area contributed by atoms with Crippen molar-refractivity contribution >= 4 is 0 Å². The summed E-state index contributed by atoms with van der Waals surface area (Å²) in [7, 11) is 0. The van der Waals surface area contributed by atoms with Crippen molar-refractivity contribution in [2.24, 2.45) is 46.3 Å². The largest absolute Gasteiger partial charge is 0.0654 e. The molecule has 134 valence electrons. The molecule has 23 heavy (non-hydrogen) atoms. The maximum Gasteiger partial charge on any atom is -0.0264 e. The lowest BCUT2D eigenvalue weighted by atomic mass is 9.45. The van der Waals surface area contributed by atoms with Gasteiger partial charge in [-0.2, -0.15) is 0 Å². The van der Waals surface area contributed by atoms with Gasteiger partial charge in [-0.05, 0) is 91.3 Å². The van der Waals surface area contributed by atoms with Crippen LogP contribution in [0.1, 0.15) is 99.3 Å². The van der Waals surface area contributed by atoms with Gasteiger partial charge in [0.15, 0.2) is 0 Å². The molecule has 3 rings (SSSR count). The highest BCUT2D eigenvalue weighted by Gasteiger charge is 2.59. The van der Waals surface area contributed by atoms with Gasteiger partial charge in [0.05, 0.1) is 0 Å². The summed E-state index contributed by atoms with van der Waals surface area (Å²) in [6.07, 6.45) is 13.5. The lowest BCUT2D eigenvalue weighted by Gasteiger charge is -2.59. The van der Waals surface area contributed by atoms with Gasteiger partial charge < -0.3 is 0 Å². The quantitative estimate of drug-likeness (QED) is 0.509. The minimum atomic E-state index is 0.643. The Bertz CT molecular complexity index is 410. The molecule has 0 aliphatic heterocycles. The summed E-state index contributed by atoms with van der Waals surface area (Å²) in [6.45, 7) is 15.2. The smallest absolute Gasteiger partial charge is 0.0264 e. The maximum absolute atomic E-state index is 2.69. The van der Waals surface area contributed by atoms with Crippen LogP contribution in [0.15, 0.2) is 0 Å². The maximum atomic E-state index is 2.69. The van der Waals surface area contributed by atoms with Crippen molar-refractivity contribution in [2.75, 3.05) is 0 Å². The van der Waals surface area contributed by atoms with Crippen molar-refractivity contribution in [2.45, 2.75) is 99.3 Å². The van der Waals surface area contributed by atoms with E-state index in [9.17, 15) is 0 Å². The average molecular weight is 319 g/mol. The van der Waals surface area contributed by atoms with E-state index in [0.29, 0.717) is 10.8 Å². The normalized spacial score (nSPS) is 50.0. The third-order valence-corrected chi connectivity index (χ3v) is 9.22. The van der Waals surface area contributed by atoms with Gasteiger partial charge in [-0.15, -0.1) is 0 Å². The molecular formula is C23H42. The Hall–Kier alpha value is 0. The zero-order valence-electron chi connectivity index (χ0n) is 16.8. The molecule has 0 heterocycles. The van der Waals surface area contributed by atoms with Crippen LogP contribution in [0.5, 0.6) is 0 Å². The molecule has 0 heteroatoms. The zero-order valence-corrected chi connectivity index (χ0v) is 16.8. The molecule has 0 nitrogen and oxygen atoms in total. The van der Waals surface area contributed by atoms with E-state index in [1.807, 2.05) is 0 Å². The highest BCUT2D eigenvalue weighted by atomic mass is 14.6. The molecule has 7 unspecified atom stereocenters. The predicted molar refractivity (Wildman–Crippen MR) is 101 cm³/mol. The summed E-state index contributed by atoms with van der Waals surface area (Å²) in [5.41, 5.74) is 1.31. The van der Waals surface area contributed by atoms with E-state index in [4.69, 9.17) is 0 Å². The predicted octanol–water partition coefficient (Wildman–Crippen LogP) is 7.33. The molecule has 0 spiro atoms. The molecule has 3 aliphatic carbocycles. The Morgan fingerprint density at radius 2 is 1.65 bits per heavy atom. The summed E-state index contributed by atoms with van der Waals surface area (Å²) >= 11 is 0. The second kappa shape index (κ2) is 6.38. The fourth-order valence-electron chi connectivity index (χ4n) is 8.27. The Morgan fingerprint density at radius 3 is 2.26 bits per heavy atom. The Labute approximate surface area is 146 Å². The van der Waals surface area contributed by atoms with Gasteiger partial charge in [0.2, 0.25) is 0 Å². The second-order valence-corrected chi connectivity index (χ2v) is 10.3. The first kappa shape index (κ1) is 17.8. The minimum absolute atomic E-state index is 0.643. The van der Waals surface area contributed by atoms with Crippen molar-refractivity contribution in [1.82, 2.24) is 0 Å². The summed E-state index contributed by atoms with van der Waals surface area (Å²) < 4.78 is 0. The number of fused-ring (bicyclic) bond motifs is 3. The van der Waals surface area contributed by atoms with Crippen molar-refractivity contribution in [3.63, 3.8) is 0 Å².